The van der Waals surface area contributed by atoms with Crippen LogP contribution in [-0.4, -0.2) is 51.2 Å². The Morgan fingerprint density at radius 2 is 1.94 bits per heavy atom. The van der Waals surface area contributed by atoms with Gasteiger partial charge in [-0.2, -0.15) is 18.3 Å². The Morgan fingerprint density at radius 1 is 1.19 bits per heavy atom. The Labute approximate surface area is 180 Å². The minimum absolute atomic E-state index is 0.0264. The maximum Gasteiger partial charge on any atom is 0.408 e. The number of fused-ring (bicyclic) bond motifs is 1. The molecule has 3 aromatic rings. The van der Waals surface area contributed by atoms with Crippen molar-refractivity contribution in [2.45, 2.75) is 25.9 Å². The van der Waals surface area contributed by atoms with E-state index in [1.54, 1.807) is 19.1 Å². The standard InChI is InChI=1S/C20H18F3N5O4/c1-10-4-13(11-5-14(31-2)17(32-3)24-6-11)26-16-15(10)18(29)28(19(16)30)12-7-25-27(8-12)9-20(21,22)23/h4-8,19,30H,9H2,1-3H3. The topological polar surface area (TPSA) is 103 Å². The fourth-order valence-corrected chi connectivity index (χ4v) is 3.54. The Balaban J connectivity index is 1.71. The number of alkyl halides is 3. The summed E-state index contributed by atoms with van der Waals surface area (Å²) in [5.41, 5.74) is 1.81. The lowest BCUT2D eigenvalue weighted by Gasteiger charge is -2.18. The number of aromatic nitrogens is 4. The van der Waals surface area contributed by atoms with Crippen LogP contribution in [0, 0.1) is 6.92 Å². The average Bonchev–Trinajstić information content (AvgIpc) is 3.28. The van der Waals surface area contributed by atoms with E-state index in [-0.39, 0.29) is 22.8 Å². The van der Waals surface area contributed by atoms with Gasteiger partial charge < -0.3 is 14.6 Å². The summed E-state index contributed by atoms with van der Waals surface area (Å²) >= 11 is 0. The van der Waals surface area contributed by atoms with Crippen molar-refractivity contribution in [3.05, 3.63) is 47.5 Å². The molecule has 0 aliphatic carbocycles. The summed E-state index contributed by atoms with van der Waals surface area (Å²) in [6.07, 6.45) is -2.31. The van der Waals surface area contributed by atoms with E-state index in [1.807, 2.05) is 0 Å². The SMILES string of the molecule is COc1cc(-c2cc(C)c3c(n2)C(O)N(c2cnn(CC(F)(F)F)c2)C3=O)cnc1OC. The Kier molecular flexibility index (Phi) is 5.25. The highest BCUT2D eigenvalue weighted by molar-refractivity contribution is 6.11. The van der Waals surface area contributed by atoms with Crippen LogP contribution in [0.25, 0.3) is 11.3 Å². The van der Waals surface area contributed by atoms with Crippen LogP contribution in [0.15, 0.2) is 30.7 Å². The second-order valence-electron chi connectivity index (χ2n) is 7.08. The molecule has 1 aliphatic rings. The molecular weight excluding hydrogens is 431 g/mol. The van der Waals surface area contributed by atoms with Gasteiger partial charge in [-0.25, -0.2) is 9.97 Å². The summed E-state index contributed by atoms with van der Waals surface area (Å²) in [6.45, 7) is 0.366. The molecule has 1 unspecified atom stereocenters. The lowest BCUT2D eigenvalue weighted by atomic mass is 10.0. The van der Waals surface area contributed by atoms with E-state index in [9.17, 15) is 23.1 Å². The summed E-state index contributed by atoms with van der Waals surface area (Å²) in [5.74, 6) is 0.0766. The van der Waals surface area contributed by atoms with Gasteiger partial charge in [-0.1, -0.05) is 0 Å². The summed E-state index contributed by atoms with van der Waals surface area (Å²) in [6, 6.07) is 3.31. The lowest BCUT2D eigenvalue weighted by molar-refractivity contribution is -0.142. The maximum atomic E-state index is 13.0. The molecule has 4 heterocycles. The molecule has 3 aromatic heterocycles. The Morgan fingerprint density at radius 3 is 2.59 bits per heavy atom. The number of anilines is 1. The van der Waals surface area contributed by atoms with Gasteiger partial charge in [0.25, 0.3) is 11.8 Å². The molecule has 9 nitrogen and oxygen atoms in total. The molecule has 0 spiro atoms. The molecule has 32 heavy (non-hydrogen) atoms. The number of carbonyl (C=O) groups excluding carboxylic acids is 1. The number of rotatable bonds is 5. The number of aliphatic hydroxyl groups excluding tert-OH is 1. The number of amides is 1. The van der Waals surface area contributed by atoms with Gasteiger partial charge >= 0.3 is 6.18 Å². The number of pyridine rings is 2. The van der Waals surface area contributed by atoms with Gasteiger partial charge in [0.1, 0.15) is 12.2 Å². The van der Waals surface area contributed by atoms with Gasteiger partial charge in [0, 0.05) is 18.0 Å². The number of ether oxygens (including phenoxy) is 2. The van der Waals surface area contributed by atoms with Crippen LogP contribution in [0.3, 0.4) is 0 Å². The van der Waals surface area contributed by atoms with Crippen LogP contribution in [0.4, 0.5) is 18.9 Å². The Hall–Kier alpha value is -3.67. The molecule has 0 fully saturated rings. The second-order valence-corrected chi connectivity index (χ2v) is 7.08. The molecule has 0 saturated heterocycles. The zero-order valence-corrected chi connectivity index (χ0v) is 17.2. The quantitative estimate of drug-likeness (QED) is 0.639. The molecule has 1 amide bonds. The van der Waals surface area contributed by atoms with Crippen molar-refractivity contribution in [3.63, 3.8) is 0 Å². The smallest absolute Gasteiger partial charge is 0.408 e. The lowest BCUT2D eigenvalue weighted by Crippen LogP contribution is -2.27. The molecule has 1 N–H and O–H groups in total. The number of aryl methyl sites for hydroxylation is 1. The van der Waals surface area contributed by atoms with Gasteiger partial charge in [0.15, 0.2) is 12.0 Å². The molecule has 0 radical (unpaired) electrons. The number of hydrogen-bond acceptors (Lipinski definition) is 7. The normalized spacial score (nSPS) is 15.8. The minimum atomic E-state index is -4.47. The first-order valence-corrected chi connectivity index (χ1v) is 9.33. The van der Waals surface area contributed by atoms with Crippen LogP contribution in [0.5, 0.6) is 11.6 Å². The number of nitrogens with zero attached hydrogens (tertiary/aromatic N) is 5. The van der Waals surface area contributed by atoms with Crippen LogP contribution in [0.1, 0.15) is 27.8 Å². The predicted octanol–water partition coefficient (Wildman–Crippen LogP) is 2.88. The summed E-state index contributed by atoms with van der Waals surface area (Å²) < 4.78 is 48.9. The van der Waals surface area contributed by atoms with Gasteiger partial charge in [0.2, 0.25) is 0 Å². The van der Waals surface area contributed by atoms with Crippen LogP contribution in [0.2, 0.25) is 0 Å². The van der Waals surface area contributed by atoms with Gasteiger partial charge in [-0.05, 0) is 24.6 Å². The highest BCUT2D eigenvalue weighted by atomic mass is 19.4. The third-order valence-corrected chi connectivity index (χ3v) is 4.93. The summed E-state index contributed by atoms with van der Waals surface area (Å²) in [4.78, 5) is 22.5. The Bertz CT molecular complexity index is 1190. The largest absolute Gasteiger partial charge is 0.491 e. The molecule has 0 aromatic carbocycles. The second kappa shape index (κ2) is 7.79. The fraction of sp³-hybridized carbons (Fsp3) is 0.300. The number of methoxy groups -OCH3 is 2. The van der Waals surface area contributed by atoms with E-state index >= 15 is 0 Å². The highest BCUT2D eigenvalue weighted by Gasteiger charge is 2.40. The number of aliphatic hydroxyl groups is 1. The molecule has 0 saturated carbocycles. The maximum absolute atomic E-state index is 13.0. The minimum Gasteiger partial charge on any atom is -0.491 e. The van der Waals surface area contributed by atoms with E-state index in [0.717, 1.165) is 17.3 Å². The van der Waals surface area contributed by atoms with E-state index in [2.05, 4.69) is 15.1 Å². The van der Waals surface area contributed by atoms with Crippen LogP contribution in [-0.2, 0) is 6.54 Å². The van der Waals surface area contributed by atoms with Crippen molar-refractivity contribution in [1.82, 2.24) is 19.7 Å². The average molecular weight is 449 g/mol. The van der Waals surface area contributed by atoms with Crippen molar-refractivity contribution in [3.8, 4) is 22.9 Å². The van der Waals surface area contributed by atoms with Gasteiger partial charge in [-0.15, -0.1) is 0 Å². The van der Waals surface area contributed by atoms with Crippen molar-refractivity contribution in [2.75, 3.05) is 19.1 Å². The van der Waals surface area contributed by atoms with Crippen molar-refractivity contribution < 1.29 is 32.5 Å². The third kappa shape index (κ3) is 3.73. The number of halogens is 3. The van der Waals surface area contributed by atoms with Crippen molar-refractivity contribution in [1.29, 1.82) is 0 Å². The monoisotopic (exact) mass is 449 g/mol. The first-order valence-electron chi connectivity index (χ1n) is 9.33. The first kappa shape index (κ1) is 21.6. The van der Waals surface area contributed by atoms with E-state index in [1.165, 1.54) is 20.4 Å². The van der Waals surface area contributed by atoms with Gasteiger partial charge in [0.05, 0.1) is 37.4 Å². The van der Waals surface area contributed by atoms with E-state index < -0.39 is 24.9 Å². The predicted molar refractivity (Wildman–Crippen MR) is 105 cm³/mol. The van der Waals surface area contributed by atoms with Crippen LogP contribution >= 0.6 is 0 Å². The zero-order chi connectivity index (χ0) is 23.2. The molecule has 4 rings (SSSR count). The van der Waals surface area contributed by atoms with Crippen molar-refractivity contribution >= 4 is 11.6 Å². The zero-order valence-electron chi connectivity index (χ0n) is 17.2. The van der Waals surface area contributed by atoms with Gasteiger partial charge in [-0.3, -0.25) is 14.4 Å². The summed E-state index contributed by atoms with van der Waals surface area (Å²) in [5, 5.41) is 14.4. The fourth-order valence-electron chi connectivity index (χ4n) is 3.54. The molecule has 1 aliphatic heterocycles. The number of carbonyl (C=O) groups is 1. The summed E-state index contributed by atoms with van der Waals surface area (Å²) in [7, 11) is 2.92. The van der Waals surface area contributed by atoms with Crippen LogP contribution < -0.4 is 14.4 Å². The molecule has 0 bridgehead atoms. The molecule has 168 valence electrons. The highest BCUT2D eigenvalue weighted by Crippen LogP contribution is 2.38. The first-order chi connectivity index (χ1) is 15.1. The van der Waals surface area contributed by atoms with E-state index in [0.29, 0.717) is 27.3 Å². The molecule has 1 atom stereocenters. The number of hydrogen-bond donors (Lipinski definition) is 1. The molecule has 12 heteroatoms. The van der Waals surface area contributed by atoms with Crippen molar-refractivity contribution in [2.24, 2.45) is 0 Å². The molecular formula is C20H18F3N5O4. The third-order valence-electron chi connectivity index (χ3n) is 4.93. The van der Waals surface area contributed by atoms with E-state index in [4.69, 9.17) is 9.47 Å².